The number of rotatable bonds is 7. The van der Waals surface area contributed by atoms with Crippen LogP contribution in [0.5, 0.6) is 17.2 Å². The molecule has 5 heteroatoms. The van der Waals surface area contributed by atoms with Gasteiger partial charge in [0, 0.05) is 5.56 Å². The molecule has 0 atom stereocenters. The number of carbonyl (C=O) groups is 1. The molecule has 1 N–H and O–H groups in total. The highest BCUT2D eigenvalue weighted by atomic mass is 16.5. The smallest absolute Gasteiger partial charge is 0.255 e. The molecule has 0 saturated carbocycles. The maximum absolute atomic E-state index is 12.4. The van der Waals surface area contributed by atoms with E-state index < -0.39 is 0 Å². The summed E-state index contributed by atoms with van der Waals surface area (Å²) in [6, 6.07) is 12.4. The van der Waals surface area contributed by atoms with Gasteiger partial charge in [-0.2, -0.15) is 0 Å². The molecule has 0 aromatic heterocycles. The van der Waals surface area contributed by atoms with Crippen molar-refractivity contribution in [2.45, 2.75) is 13.8 Å². The Labute approximate surface area is 136 Å². The first kappa shape index (κ1) is 16.7. The van der Waals surface area contributed by atoms with Crippen molar-refractivity contribution in [2.24, 2.45) is 0 Å². The van der Waals surface area contributed by atoms with Crippen LogP contribution >= 0.6 is 0 Å². The number of anilines is 1. The van der Waals surface area contributed by atoms with Gasteiger partial charge in [0.05, 0.1) is 26.0 Å². The Hall–Kier alpha value is -2.69. The number of amides is 1. The van der Waals surface area contributed by atoms with Gasteiger partial charge in [-0.25, -0.2) is 0 Å². The van der Waals surface area contributed by atoms with Gasteiger partial charge in [-0.15, -0.1) is 0 Å². The summed E-state index contributed by atoms with van der Waals surface area (Å²) in [6.07, 6.45) is 0. The molecule has 0 aliphatic carbocycles. The lowest BCUT2D eigenvalue weighted by atomic mass is 10.1. The minimum atomic E-state index is -0.237. The number of ether oxygens (including phenoxy) is 3. The number of carbonyl (C=O) groups excluding carboxylic acids is 1. The third kappa shape index (κ3) is 4.16. The first-order valence-electron chi connectivity index (χ1n) is 7.53. The predicted molar refractivity (Wildman–Crippen MR) is 89.7 cm³/mol. The van der Waals surface area contributed by atoms with Crippen LogP contribution in [0.1, 0.15) is 24.2 Å². The lowest BCUT2D eigenvalue weighted by molar-refractivity contribution is 0.102. The van der Waals surface area contributed by atoms with Crippen molar-refractivity contribution in [3.05, 3.63) is 48.0 Å². The molecule has 0 fully saturated rings. The van der Waals surface area contributed by atoms with Crippen molar-refractivity contribution in [1.29, 1.82) is 0 Å². The van der Waals surface area contributed by atoms with E-state index in [1.165, 1.54) is 0 Å². The lowest BCUT2D eigenvalue weighted by Gasteiger charge is -2.13. The Morgan fingerprint density at radius 1 is 0.957 bits per heavy atom. The highest BCUT2D eigenvalue weighted by Crippen LogP contribution is 2.29. The molecular formula is C18H21NO4. The fraction of sp³-hybridized carbons (Fsp3) is 0.278. The second-order valence-corrected chi connectivity index (χ2v) is 4.68. The predicted octanol–water partition coefficient (Wildman–Crippen LogP) is 3.74. The van der Waals surface area contributed by atoms with Gasteiger partial charge < -0.3 is 19.5 Å². The third-order valence-electron chi connectivity index (χ3n) is 3.16. The molecule has 0 bridgehead atoms. The highest BCUT2D eigenvalue weighted by Gasteiger charge is 2.13. The second-order valence-electron chi connectivity index (χ2n) is 4.68. The summed E-state index contributed by atoms with van der Waals surface area (Å²) in [4.78, 5) is 12.4. The van der Waals surface area contributed by atoms with Gasteiger partial charge in [-0.05, 0) is 44.2 Å². The van der Waals surface area contributed by atoms with Gasteiger partial charge in [0.1, 0.15) is 5.75 Å². The molecule has 0 heterocycles. The largest absolute Gasteiger partial charge is 0.493 e. The van der Waals surface area contributed by atoms with Crippen molar-refractivity contribution in [3.63, 3.8) is 0 Å². The molecule has 0 aliphatic rings. The van der Waals surface area contributed by atoms with E-state index in [-0.39, 0.29) is 5.91 Å². The van der Waals surface area contributed by atoms with E-state index in [2.05, 4.69) is 5.32 Å². The summed E-state index contributed by atoms with van der Waals surface area (Å²) in [6.45, 7) is 4.86. The Morgan fingerprint density at radius 2 is 1.65 bits per heavy atom. The van der Waals surface area contributed by atoms with Crippen LogP contribution in [0.2, 0.25) is 0 Å². The molecule has 5 nitrogen and oxygen atoms in total. The number of nitrogens with one attached hydrogen (secondary N) is 1. The van der Waals surface area contributed by atoms with Crippen molar-refractivity contribution >= 4 is 11.6 Å². The quantitative estimate of drug-likeness (QED) is 0.845. The lowest BCUT2D eigenvalue weighted by Crippen LogP contribution is -2.13. The van der Waals surface area contributed by atoms with Crippen LogP contribution in [0.4, 0.5) is 5.69 Å². The zero-order valence-corrected chi connectivity index (χ0v) is 13.6. The average molecular weight is 315 g/mol. The summed E-state index contributed by atoms with van der Waals surface area (Å²) in [7, 11) is 1.55. The number of benzene rings is 2. The first-order valence-corrected chi connectivity index (χ1v) is 7.53. The van der Waals surface area contributed by atoms with Gasteiger partial charge >= 0.3 is 0 Å². The Morgan fingerprint density at radius 3 is 2.35 bits per heavy atom. The van der Waals surface area contributed by atoms with Crippen LogP contribution in [0.3, 0.4) is 0 Å². The van der Waals surface area contributed by atoms with Crippen molar-refractivity contribution in [2.75, 3.05) is 25.6 Å². The van der Waals surface area contributed by atoms with Gasteiger partial charge in [0.15, 0.2) is 11.5 Å². The highest BCUT2D eigenvalue weighted by molar-refractivity contribution is 6.05. The van der Waals surface area contributed by atoms with Gasteiger partial charge in [-0.1, -0.05) is 12.1 Å². The number of hydrogen-bond donors (Lipinski definition) is 1. The summed E-state index contributed by atoms with van der Waals surface area (Å²) in [5.74, 6) is 1.54. The molecule has 2 aromatic rings. The van der Waals surface area contributed by atoms with Crippen LogP contribution in [0, 0.1) is 0 Å². The molecule has 2 aromatic carbocycles. The number of para-hydroxylation sites is 2. The van der Waals surface area contributed by atoms with Crippen LogP contribution in [-0.4, -0.2) is 26.2 Å². The Bertz CT molecular complexity index is 670. The Kier molecular flexibility index (Phi) is 5.86. The maximum atomic E-state index is 12.4. The molecule has 2 rings (SSSR count). The van der Waals surface area contributed by atoms with Crippen LogP contribution in [0.25, 0.3) is 0 Å². The third-order valence-corrected chi connectivity index (χ3v) is 3.16. The van der Waals surface area contributed by atoms with E-state index >= 15 is 0 Å². The summed E-state index contributed by atoms with van der Waals surface area (Å²) < 4.78 is 16.2. The molecule has 23 heavy (non-hydrogen) atoms. The van der Waals surface area contributed by atoms with E-state index in [9.17, 15) is 4.79 Å². The molecule has 122 valence electrons. The maximum Gasteiger partial charge on any atom is 0.255 e. The fourth-order valence-corrected chi connectivity index (χ4v) is 2.13. The minimum absolute atomic E-state index is 0.237. The van der Waals surface area contributed by atoms with Crippen LogP contribution in [0.15, 0.2) is 42.5 Å². The van der Waals surface area contributed by atoms with E-state index in [1.54, 1.807) is 31.4 Å². The topological polar surface area (TPSA) is 56.8 Å². The molecule has 1 amide bonds. The minimum Gasteiger partial charge on any atom is -0.493 e. The van der Waals surface area contributed by atoms with Crippen molar-refractivity contribution in [1.82, 2.24) is 0 Å². The molecule has 0 aliphatic heterocycles. The molecule has 0 spiro atoms. The summed E-state index contributed by atoms with van der Waals surface area (Å²) in [5.41, 5.74) is 1.11. The molecule has 0 unspecified atom stereocenters. The summed E-state index contributed by atoms with van der Waals surface area (Å²) >= 11 is 0. The van der Waals surface area contributed by atoms with E-state index in [1.807, 2.05) is 32.0 Å². The molecule has 0 radical (unpaired) electrons. The van der Waals surface area contributed by atoms with E-state index in [4.69, 9.17) is 14.2 Å². The number of methoxy groups -OCH3 is 1. The van der Waals surface area contributed by atoms with E-state index in [0.717, 1.165) is 0 Å². The zero-order chi connectivity index (χ0) is 16.7. The SMILES string of the molecule is CCOc1ccccc1NC(=O)c1ccc(OCC)c(OC)c1. The molecule has 0 saturated heterocycles. The average Bonchev–Trinajstić information content (AvgIpc) is 2.57. The Balaban J connectivity index is 2.21. The second kappa shape index (κ2) is 8.08. The van der Waals surface area contributed by atoms with Crippen molar-refractivity contribution in [3.8, 4) is 17.2 Å². The fourth-order valence-electron chi connectivity index (χ4n) is 2.13. The van der Waals surface area contributed by atoms with Crippen LogP contribution < -0.4 is 19.5 Å². The standard InChI is InChI=1S/C18H21NO4/c1-4-22-15-9-7-6-8-14(15)19-18(20)13-10-11-16(23-5-2)17(12-13)21-3/h6-12H,4-5H2,1-3H3,(H,19,20). The first-order chi connectivity index (χ1) is 11.2. The summed E-state index contributed by atoms with van der Waals surface area (Å²) in [5, 5.41) is 2.85. The monoisotopic (exact) mass is 315 g/mol. The van der Waals surface area contributed by atoms with E-state index in [0.29, 0.717) is 41.7 Å². The molecular weight excluding hydrogens is 294 g/mol. The van der Waals surface area contributed by atoms with Gasteiger partial charge in [-0.3, -0.25) is 4.79 Å². The van der Waals surface area contributed by atoms with Gasteiger partial charge in [0.2, 0.25) is 0 Å². The normalized spacial score (nSPS) is 10.0. The zero-order valence-electron chi connectivity index (χ0n) is 13.6. The van der Waals surface area contributed by atoms with Crippen LogP contribution in [-0.2, 0) is 0 Å². The van der Waals surface area contributed by atoms with Gasteiger partial charge in [0.25, 0.3) is 5.91 Å². The van der Waals surface area contributed by atoms with Crippen molar-refractivity contribution < 1.29 is 19.0 Å². The number of hydrogen-bond acceptors (Lipinski definition) is 4.